The van der Waals surface area contributed by atoms with Gasteiger partial charge in [-0.05, 0) is 104 Å². The predicted molar refractivity (Wildman–Crippen MR) is 237 cm³/mol. The number of benzene rings is 9. The maximum atomic E-state index is 6.81. The lowest BCUT2D eigenvalue weighted by molar-refractivity contribution is 0.229. The van der Waals surface area contributed by atoms with E-state index in [0.717, 1.165) is 79.0 Å². The molecule has 1 aliphatic rings. The summed E-state index contributed by atoms with van der Waals surface area (Å²) in [6, 6.07) is 69.2. The predicted octanol–water partition coefficient (Wildman–Crippen LogP) is 14.9. The van der Waals surface area contributed by atoms with Gasteiger partial charge in [-0.3, -0.25) is 0 Å². The zero-order valence-corrected chi connectivity index (χ0v) is 31.2. The van der Waals surface area contributed by atoms with Gasteiger partial charge in [-0.2, -0.15) is 0 Å². The van der Waals surface area contributed by atoms with Crippen LogP contribution in [-0.4, -0.2) is 0 Å². The summed E-state index contributed by atoms with van der Waals surface area (Å²) >= 11 is 0. The lowest BCUT2D eigenvalue weighted by atomic mass is 9.92. The van der Waals surface area contributed by atoms with E-state index in [2.05, 4.69) is 200 Å². The summed E-state index contributed by atoms with van der Waals surface area (Å²) in [6.07, 6.45) is 0.552. The van der Waals surface area contributed by atoms with Crippen molar-refractivity contribution in [1.82, 2.24) is 0 Å². The number of nitrogens with zero attached hydrogens (tertiary/aromatic N) is 1. The van der Waals surface area contributed by atoms with Crippen LogP contribution in [0, 0.1) is 0 Å². The molecule has 1 unspecified atom stereocenters. The van der Waals surface area contributed by atoms with E-state index < -0.39 is 0 Å². The van der Waals surface area contributed by atoms with E-state index in [1.165, 1.54) is 32.7 Å². The van der Waals surface area contributed by atoms with Crippen LogP contribution < -0.4 is 9.64 Å². The van der Waals surface area contributed by atoms with Gasteiger partial charge >= 0.3 is 0 Å². The minimum atomic E-state index is -0.207. The standard InChI is InChI=1S/C54H37NO2/c1-35-31-42-26-30-51-52(54(42)57-53(35)38-15-6-3-7-16-38)48-33-40(25-29-50(48)56-51)37-23-27-43(28-24-37)55(44-19-12-18-39(32-44)36-13-4-2-5-14-36)49-34-41-17-8-9-20-45(41)46-21-10-11-22-47(46)49/h2-30,32-34,53H,1,31H2. The van der Waals surface area contributed by atoms with Crippen molar-refractivity contribution in [2.75, 3.05) is 4.90 Å². The highest BCUT2D eigenvalue weighted by atomic mass is 16.5. The molecule has 10 aromatic rings. The van der Waals surface area contributed by atoms with Gasteiger partial charge in [-0.15, -0.1) is 0 Å². The van der Waals surface area contributed by atoms with E-state index in [1.807, 2.05) is 6.07 Å². The fourth-order valence-electron chi connectivity index (χ4n) is 8.71. The van der Waals surface area contributed by atoms with Crippen LogP contribution in [0.4, 0.5) is 17.1 Å². The van der Waals surface area contributed by atoms with Crippen molar-refractivity contribution in [2.45, 2.75) is 12.5 Å². The van der Waals surface area contributed by atoms with Gasteiger partial charge in [0.2, 0.25) is 0 Å². The Morgan fingerprint density at radius 3 is 1.95 bits per heavy atom. The van der Waals surface area contributed by atoms with Crippen LogP contribution in [0.25, 0.3) is 65.7 Å². The second-order valence-electron chi connectivity index (χ2n) is 14.9. The zero-order chi connectivity index (χ0) is 37.9. The van der Waals surface area contributed by atoms with E-state index in [1.54, 1.807) is 0 Å². The average molecular weight is 732 g/mol. The molecule has 0 N–H and O–H groups in total. The first kappa shape index (κ1) is 33.0. The van der Waals surface area contributed by atoms with E-state index in [4.69, 9.17) is 9.15 Å². The Morgan fingerprint density at radius 1 is 0.474 bits per heavy atom. The summed E-state index contributed by atoms with van der Waals surface area (Å²) in [5.74, 6) is 0.885. The van der Waals surface area contributed by atoms with Crippen molar-refractivity contribution in [2.24, 2.45) is 0 Å². The molecule has 0 saturated heterocycles. The van der Waals surface area contributed by atoms with Crippen molar-refractivity contribution in [3.05, 3.63) is 217 Å². The van der Waals surface area contributed by atoms with Crippen molar-refractivity contribution in [3.63, 3.8) is 0 Å². The molecule has 0 bridgehead atoms. The molecule has 1 atom stereocenters. The Balaban J connectivity index is 1.03. The van der Waals surface area contributed by atoms with Crippen LogP contribution in [0.1, 0.15) is 17.2 Å². The second kappa shape index (κ2) is 13.4. The van der Waals surface area contributed by atoms with Gasteiger partial charge in [0.15, 0.2) is 0 Å². The SMILES string of the molecule is C=C1Cc2ccc3oc4ccc(-c5ccc(N(c6cccc(-c7ccccc7)c6)c6cc7ccccc7c7ccccc67)cc5)cc4c3c2OC1c1ccccc1. The molecule has 3 heteroatoms. The molecular formula is C54H37NO2. The molecule has 270 valence electrons. The van der Waals surface area contributed by atoms with Crippen LogP contribution in [0.5, 0.6) is 5.75 Å². The molecule has 0 amide bonds. The molecular weight excluding hydrogens is 695 g/mol. The van der Waals surface area contributed by atoms with Crippen LogP contribution in [-0.2, 0) is 6.42 Å². The number of anilines is 3. The maximum Gasteiger partial charge on any atom is 0.145 e. The number of rotatable bonds is 6. The number of fused-ring (bicyclic) bond motifs is 8. The Bertz CT molecular complexity index is 3140. The van der Waals surface area contributed by atoms with E-state index in [0.29, 0.717) is 0 Å². The van der Waals surface area contributed by atoms with Crippen molar-refractivity contribution >= 4 is 60.5 Å². The van der Waals surface area contributed by atoms with Gasteiger partial charge in [0.25, 0.3) is 0 Å². The normalized spacial score (nSPS) is 13.9. The Labute approximate surface area is 331 Å². The Kier molecular flexibility index (Phi) is 7.78. The lowest BCUT2D eigenvalue weighted by Crippen LogP contribution is -2.17. The van der Waals surface area contributed by atoms with Crippen molar-refractivity contribution in [1.29, 1.82) is 0 Å². The van der Waals surface area contributed by atoms with Crippen molar-refractivity contribution in [3.8, 4) is 28.0 Å². The molecule has 3 nitrogen and oxygen atoms in total. The topological polar surface area (TPSA) is 25.6 Å². The molecule has 2 heterocycles. The summed E-state index contributed by atoms with van der Waals surface area (Å²) in [5.41, 5.74) is 12.9. The molecule has 57 heavy (non-hydrogen) atoms. The highest BCUT2D eigenvalue weighted by molar-refractivity contribution is 6.15. The molecule has 0 spiro atoms. The summed E-state index contributed by atoms with van der Waals surface area (Å²) in [4.78, 5) is 2.40. The summed E-state index contributed by atoms with van der Waals surface area (Å²) in [6.45, 7) is 4.41. The molecule has 11 rings (SSSR count). The lowest BCUT2D eigenvalue weighted by Gasteiger charge is -2.29. The monoisotopic (exact) mass is 731 g/mol. The number of ether oxygens (including phenoxy) is 1. The van der Waals surface area contributed by atoms with Gasteiger partial charge < -0.3 is 14.1 Å². The first-order valence-electron chi connectivity index (χ1n) is 19.5. The van der Waals surface area contributed by atoms with E-state index in [9.17, 15) is 0 Å². The maximum absolute atomic E-state index is 6.81. The van der Waals surface area contributed by atoms with Crippen molar-refractivity contribution < 1.29 is 9.15 Å². The Hall–Kier alpha value is -7.36. The average Bonchev–Trinajstić information content (AvgIpc) is 3.66. The smallest absolute Gasteiger partial charge is 0.145 e. The third-order valence-electron chi connectivity index (χ3n) is 11.5. The van der Waals surface area contributed by atoms with Gasteiger partial charge in [-0.25, -0.2) is 0 Å². The van der Waals surface area contributed by atoms with Gasteiger partial charge in [0.05, 0.1) is 11.1 Å². The minimum absolute atomic E-state index is 0.207. The molecule has 1 aromatic heterocycles. The highest BCUT2D eigenvalue weighted by Crippen LogP contribution is 2.47. The summed E-state index contributed by atoms with van der Waals surface area (Å²) < 4.78 is 13.2. The fraction of sp³-hybridized carbons (Fsp3) is 0.0370. The van der Waals surface area contributed by atoms with Crippen LogP contribution in [0.15, 0.2) is 211 Å². The van der Waals surface area contributed by atoms with Gasteiger partial charge in [-0.1, -0.05) is 152 Å². The quantitative estimate of drug-likeness (QED) is 0.126. The number of hydrogen-bond acceptors (Lipinski definition) is 3. The van der Waals surface area contributed by atoms with Gasteiger partial charge in [0, 0.05) is 28.6 Å². The van der Waals surface area contributed by atoms with Crippen LogP contribution in [0.2, 0.25) is 0 Å². The Morgan fingerprint density at radius 2 is 1.12 bits per heavy atom. The zero-order valence-electron chi connectivity index (χ0n) is 31.2. The third-order valence-corrected chi connectivity index (χ3v) is 11.5. The van der Waals surface area contributed by atoms with E-state index in [-0.39, 0.29) is 6.10 Å². The minimum Gasteiger partial charge on any atom is -0.480 e. The fourth-order valence-corrected chi connectivity index (χ4v) is 8.71. The van der Waals surface area contributed by atoms with Crippen LogP contribution >= 0.6 is 0 Å². The second-order valence-corrected chi connectivity index (χ2v) is 14.9. The molecule has 9 aromatic carbocycles. The van der Waals surface area contributed by atoms with Gasteiger partial charge in [0.1, 0.15) is 23.0 Å². The largest absolute Gasteiger partial charge is 0.480 e. The molecule has 0 aliphatic carbocycles. The first-order valence-corrected chi connectivity index (χ1v) is 19.5. The number of furan rings is 1. The molecule has 0 fully saturated rings. The summed E-state index contributed by atoms with van der Waals surface area (Å²) in [5, 5.41) is 6.95. The number of hydrogen-bond donors (Lipinski definition) is 0. The first-order chi connectivity index (χ1) is 28.2. The van der Waals surface area contributed by atoms with Crippen LogP contribution in [0.3, 0.4) is 0 Å². The highest BCUT2D eigenvalue weighted by Gasteiger charge is 2.28. The molecule has 1 aliphatic heterocycles. The molecule has 0 saturated carbocycles. The molecule has 0 radical (unpaired) electrons. The third kappa shape index (κ3) is 5.67. The van der Waals surface area contributed by atoms with E-state index >= 15 is 0 Å². The summed E-state index contributed by atoms with van der Waals surface area (Å²) in [7, 11) is 0.